The van der Waals surface area contributed by atoms with Gasteiger partial charge in [0.25, 0.3) is 0 Å². The van der Waals surface area contributed by atoms with Crippen molar-refractivity contribution in [3.63, 3.8) is 0 Å². The molecule has 0 spiro atoms. The van der Waals surface area contributed by atoms with Crippen molar-refractivity contribution < 1.29 is 29.0 Å². The summed E-state index contributed by atoms with van der Waals surface area (Å²) in [6.07, 6.45) is 1.43. The molecule has 196 valence electrons. The van der Waals surface area contributed by atoms with E-state index in [1.807, 2.05) is 42.5 Å². The molecule has 38 heavy (non-hydrogen) atoms. The summed E-state index contributed by atoms with van der Waals surface area (Å²) in [5, 5.41) is 10.8. The summed E-state index contributed by atoms with van der Waals surface area (Å²) in [5.41, 5.74) is 0.174. The monoisotopic (exact) mass is 513 g/mol. The normalized spacial score (nSPS) is 24.6. The third-order valence-electron chi connectivity index (χ3n) is 7.97. The average Bonchev–Trinajstić information content (AvgIpc) is 3.76. The van der Waals surface area contributed by atoms with Crippen LogP contribution in [0.1, 0.15) is 53.2 Å². The van der Waals surface area contributed by atoms with Crippen LogP contribution in [0.15, 0.2) is 78.9 Å². The topological polar surface area (TPSA) is 93.1 Å². The van der Waals surface area contributed by atoms with Crippen LogP contribution in [-0.4, -0.2) is 47.4 Å². The maximum atomic E-state index is 14.4. The minimum Gasteiger partial charge on any atom is -0.497 e. The SMILES string of the molecule is COc1ccc(C(=O)C2C(c3ccc(OC)cc3)N(C(=O)C3CC3)C(C)(C(=O)O)C2c2ccccc2)cc1. The number of ketones is 1. The predicted octanol–water partition coefficient (Wildman–Crippen LogP) is 5.12. The van der Waals surface area contributed by atoms with Crippen LogP contribution in [0.3, 0.4) is 0 Å². The molecule has 4 atom stereocenters. The molecule has 1 N–H and O–H groups in total. The highest BCUT2D eigenvalue weighted by Crippen LogP contribution is 2.58. The first-order valence-electron chi connectivity index (χ1n) is 12.7. The van der Waals surface area contributed by atoms with Crippen molar-refractivity contribution in [1.82, 2.24) is 4.90 Å². The lowest BCUT2D eigenvalue weighted by atomic mass is 9.71. The van der Waals surface area contributed by atoms with Gasteiger partial charge in [0.15, 0.2) is 5.78 Å². The van der Waals surface area contributed by atoms with Gasteiger partial charge < -0.3 is 19.5 Å². The number of carbonyl (C=O) groups is 3. The van der Waals surface area contributed by atoms with Crippen LogP contribution in [0.5, 0.6) is 11.5 Å². The summed E-state index contributed by atoms with van der Waals surface area (Å²) in [7, 11) is 3.12. The van der Waals surface area contributed by atoms with E-state index in [2.05, 4.69) is 0 Å². The van der Waals surface area contributed by atoms with Gasteiger partial charge in [-0.1, -0.05) is 42.5 Å². The van der Waals surface area contributed by atoms with E-state index in [9.17, 15) is 19.5 Å². The number of likely N-dealkylation sites (tertiary alicyclic amines) is 1. The molecule has 0 aromatic heterocycles. The van der Waals surface area contributed by atoms with Crippen LogP contribution in [0.2, 0.25) is 0 Å². The molecule has 2 fully saturated rings. The third-order valence-corrected chi connectivity index (χ3v) is 7.97. The summed E-state index contributed by atoms with van der Waals surface area (Å²) >= 11 is 0. The van der Waals surface area contributed by atoms with Gasteiger partial charge in [-0.25, -0.2) is 4.79 Å². The number of hydrogen-bond donors (Lipinski definition) is 1. The highest BCUT2D eigenvalue weighted by molar-refractivity contribution is 6.02. The number of aliphatic carboxylic acids is 1. The highest BCUT2D eigenvalue weighted by Gasteiger charge is 2.65. The number of Topliss-reactive ketones (excluding diaryl/α,β-unsaturated/α-hetero) is 1. The molecule has 7 heteroatoms. The van der Waals surface area contributed by atoms with Crippen molar-refractivity contribution in [2.45, 2.75) is 37.3 Å². The number of carboxylic acids is 1. The molecular formula is C31H31NO6. The molecule has 3 aromatic rings. The Morgan fingerprint density at radius 3 is 1.87 bits per heavy atom. The van der Waals surface area contributed by atoms with Crippen LogP contribution < -0.4 is 9.47 Å². The lowest BCUT2D eigenvalue weighted by Gasteiger charge is -2.38. The van der Waals surface area contributed by atoms with Gasteiger partial charge in [-0.15, -0.1) is 0 Å². The Bertz CT molecular complexity index is 1330. The van der Waals surface area contributed by atoms with Gasteiger partial charge in [0, 0.05) is 17.4 Å². The molecule has 5 rings (SSSR count). The van der Waals surface area contributed by atoms with Gasteiger partial charge in [-0.3, -0.25) is 9.59 Å². The summed E-state index contributed by atoms with van der Waals surface area (Å²) in [5.74, 6) is -2.20. The minimum atomic E-state index is -1.65. The number of hydrogen-bond acceptors (Lipinski definition) is 5. The fourth-order valence-corrected chi connectivity index (χ4v) is 5.85. The zero-order chi connectivity index (χ0) is 27.0. The zero-order valence-electron chi connectivity index (χ0n) is 21.7. The van der Waals surface area contributed by atoms with E-state index in [1.165, 1.54) is 4.90 Å². The Labute approximate surface area is 222 Å². The molecule has 7 nitrogen and oxygen atoms in total. The molecule has 4 unspecified atom stereocenters. The maximum absolute atomic E-state index is 14.4. The average molecular weight is 514 g/mol. The number of rotatable bonds is 8. The number of nitrogens with zero attached hydrogens (tertiary/aromatic N) is 1. The third kappa shape index (κ3) is 4.22. The van der Waals surface area contributed by atoms with Crippen molar-refractivity contribution in [2.24, 2.45) is 11.8 Å². The minimum absolute atomic E-state index is 0.221. The Morgan fingerprint density at radius 2 is 1.37 bits per heavy atom. The second-order valence-electron chi connectivity index (χ2n) is 10.2. The highest BCUT2D eigenvalue weighted by atomic mass is 16.5. The van der Waals surface area contributed by atoms with E-state index in [-0.39, 0.29) is 17.6 Å². The van der Waals surface area contributed by atoms with Crippen LogP contribution in [-0.2, 0) is 9.59 Å². The van der Waals surface area contributed by atoms with E-state index < -0.39 is 29.4 Å². The van der Waals surface area contributed by atoms with Gasteiger partial charge in [-0.2, -0.15) is 0 Å². The summed E-state index contributed by atoms with van der Waals surface area (Å²) in [6.45, 7) is 1.59. The first-order chi connectivity index (χ1) is 18.3. The molecule has 1 aliphatic carbocycles. The molecule has 1 amide bonds. The molecule has 1 saturated heterocycles. The molecule has 0 radical (unpaired) electrons. The fourth-order valence-electron chi connectivity index (χ4n) is 5.85. The standard InChI is InChI=1S/C31H31NO6/c1-31(30(35)36)26(19-7-5-4-6-8-19)25(28(33)21-13-17-24(38-3)18-14-21)27(32(31)29(34)22-9-10-22)20-11-15-23(37-2)16-12-20/h4-8,11-18,22,25-27H,9-10H2,1-3H3,(H,35,36). The Morgan fingerprint density at radius 1 is 0.816 bits per heavy atom. The van der Waals surface area contributed by atoms with Crippen molar-refractivity contribution in [1.29, 1.82) is 0 Å². The van der Waals surface area contributed by atoms with E-state index >= 15 is 0 Å². The Balaban J connectivity index is 1.76. The second-order valence-corrected chi connectivity index (χ2v) is 10.2. The molecule has 1 saturated carbocycles. The van der Waals surface area contributed by atoms with Crippen LogP contribution in [0.4, 0.5) is 0 Å². The lowest BCUT2D eigenvalue weighted by Crippen LogP contribution is -2.54. The van der Waals surface area contributed by atoms with Gasteiger partial charge in [0.05, 0.1) is 26.2 Å². The summed E-state index contributed by atoms with van der Waals surface area (Å²) in [6, 6.07) is 22.4. The van der Waals surface area contributed by atoms with E-state index in [1.54, 1.807) is 57.5 Å². The van der Waals surface area contributed by atoms with Crippen molar-refractivity contribution in [3.05, 3.63) is 95.6 Å². The number of ether oxygens (including phenoxy) is 2. The van der Waals surface area contributed by atoms with Crippen LogP contribution >= 0.6 is 0 Å². The van der Waals surface area contributed by atoms with Crippen molar-refractivity contribution in [3.8, 4) is 11.5 Å². The quantitative estimate of drug-likeness (QED) is 0.420. The number of benzene rings is 3. The van der Waals surface area contributed by atoms with Crippen molar-refractivity contribution >= 4 is 17.7 Å². The summed E-state index contributed by atoms with van der Waals surface area (Å²) < 4.78 is 10.6. The van der Waals surface area contributed by atoms with Gasteiger partial charge in [0.2, 0.25) is 5.91 Å². The maximum Gasteiger partial charge on any atom is 0.330 e. The fraction of sp³-hybridized carbons (Fsp3) is 0.323. The van der Waals surface area contributed by atoms with Gasteiger partial charge in [0.1, 0.15) is 17.0 Å². The first kappa shape index (κ1) is 25.5. The molecule has 1 aliphatic heterocycles. The predicted molar refractivity (Wildman–Crippen MR) is 141 cm³/mol. The van der Waals surface area contributed by atoms with Crippen LogP contribution in [0.25, 0.3) is 0 Å². The smallest absolute Gasteiger partial charge is 0.330 e. The zero-order valence-corrected chi connectivity index (χ0v) is 21.7. The number of carboxylic acid groups (broad SMARTS) is 1. The number of carbonyl (C=O) groups excluding carboxylic acids is 2. The van der Waals surface area contributed by atoms with E-state index in [0.717, 1.165) is 0 Å². The summed E-state index contributed by atoms with van der Waals surface area (Å²) in [4.78, 5) is 43.0. The second kappa shape index (κ2) is 9.97. The van der Waals surface area contributed by atoms with Crippen LogP contribution in [0, 0.1) is 11.8 Å². The van der Waals surface area contributed by atoms with Gasteiger partial charge in [-0.05, 0) is 67.3 Å². The molecule has 2 aliphatic rings. The number of methoxy groups -OCH3 is 2. The van der Waals surface area contributed by atoms with E-state index in [4.69, 9.17) is 9.47 Å². The Hall–Kier alpha value is -4.13. The lowest BCUT2D eigenvalue weighted by molar-refractivity contribution is -0.158. The molecule has 1 heterocycles. The first-order valence-corrected chi connectivity index (χ1v) is 12.7. The molecule has 3 aromatic carbocycles. The largest absolute Gasteiger partial charge is 0.497 e. The molecular weight excluding hydrogens is 482 g/mol. The van der Waals surface area contributed by atoms with Crippen molar-refractivity contribution in [2.75, 3.05) is 14.2 Å². The Kier molecular flexibility index (Phi) is 6.69. The van der Waals surface area contributed by atoms with Gasteiger partial charge >= 0.3 is 5.97 Å². The van der Waals surface area contributed by atoms with E-state index in [0.29, 0.717) is 41.0 Å². The number of amides is 1. The molecule has 0 bridgehead atoms.